The summed E-state index contributed by atoms with van der Waals surface area (Å²) in [7, 11) is 0. The molecule has 0 radical (unpaired) electrons. The third kappa shape index (κ3) is 2.59. The summed E-state index contributed by atoms with van der Waals surface area (Å²) in [6, 6.07) is 7.37. The largest absolute Gasteiger partial charge is 0.422 e. The van der Waals surface area contributed by atoms with Gasteiger partial charge < -0.3 is 14.5 Å². The standard InChI is InChI=1S/C14H16N2O3/c1-3-16(4-2)12-6-5-10-7-11(9-15-18)14(17)19-13(10)8-12/h5-9,18H,3-4H2,1-2H3/b15-9+. The van der Waals surface area contributed by atoms with E-state index >= 15 is 0 Å². The van der Waals surface area contributed by atoms with Crippen LogP contribution in [0.2, 0.25) is 0 Å². The Balaban J connectivity index is 2.56. The molecule has 0 aliphatic rings. The second-order valence-electron chi connectivity index (χ2n) is 4.13. The van der Waals surface area contributed by atoms with Crippen molar-refractivity contribution in [3.8, 4) is 0 Å². The zero-order valence-corrected chi connectivity index (χ0v) is 11.0. The van der Waals surface area contributed by atoms with E-state index in [0.29, 0.717) is 5.58 Å². The van der Waals surface area contributed by atoms with Crippen LogP contribution >= 0.6 is 0 Å². The number of benzene rings is 1. The summed E-state index contributed by atoms with van der Waals surface area (Å²) < 4.78 is 5.24. The SMILES string of the molecule is CCN(CC)c1ccc2cc(/C=N/O)c(=O)oc2c1. The zero-order chi connectivity index (χ0) is 13.8. The number of fused-ring (bicyclic) bond motifs is 1. The Labute approximate surface area is 110 Å². The fourth-order valence-electron chi connectivity index (χ4n) is 2.05. The molecule has 100 valence electrons. The number of hydrogen-bond acceptors (Lipinski definition) is 5. The molecule has 19 heavy (non-hydrogen) atoms. The molecule has 1 N–H and O–H groups in total. The van der Waals surface area contributed by atoms with Gasteiger partial charge in [0.1, 0.15) is 5.58 Å². The third-order valence-corrected chi connectivity index (χ3v) is 3.07. The number of rotatable bonds is 4. The number of hydrogen-bond donors (Lipinski definition) is 1. The Hall–Kier alpha value is -2.30. The van der Waals surface area contributed by atoms with Crippen LogP contribution in [0, 0.1) is 0 Å². The summed E-state index contributed by atoms with van der Waals surface area (Å²) in [4.78, 5) is 13.8. The molecule has 0 saturated carbocycles. The molecule has 0 unspecified atom stereocenters. The highest BCUT2D eigenvalue weighted by atomic mass is 16.4. The van der Waals surface area contributed by atoms with Gasteiger partial charge in [-0.1, -0.05) is 5.16 Å². The van der Waals surface area contributed by atoms with Gasteiger partial charge in [0, 0.05) is 30.2 Å². The molecule has 0 bridgehead atoms. The predicted molar refractivity (Wildman–Crippen MR) is 75.4 cm³/mol. The molecule has 0 spiro atoms. The molecule has 1 aromatic heterocycles. The predicted octanol–water partition coefficient (Wildman–Crippen LogP) is 2.45. The van der Waals surface area contributed by atoms with Gasteiger partial charge in [-0.3, -0.25) is 0 Å². The van der Waals surface area contributed by atoms with E-state index in [9.17, 15) is 4.79 Å². The summed E-state index contributed by atoms with van der Waals surface area (Å²) in [5, 5.41) is 12.1. The summed E-state index contributed by atoms with van der Waals surface area (Å²) in [5.74, 6) is 0. The van der Waals surface area contributed by atoms with Gasteiger partial charge in [-0.2, -0.15) is 0 Å². The van der Waals surface area contributed by atoms with Crippen LogP contribution in [0.25, 0.3) is 11.0 Å². The van der Waals surface area contributed by atoms with Crippen molar-refractivity contribution in [3.05, 3.63) is 40.2 Å². The van der Waals surface area contributed by atoms with Gasteiger partial charge in [-0.05, 0) is 32.0 Å². The highest BCUT2D eigenvalue weighted by Crippen LogP contribution is 2.21. The Kier molecular flexibility index (Phi) is 3.85. The lowest BCUT2D eigenvalue weighted by atomic mass is 10.1. The maximum Gasteiger partial charge on any atom is 0.345 e. The van der Waals surface area contributed by atoms with Crippen molar-refractivity contribution in [1.29, 1.82) is 0 Å². The zero-order valence-electron chi connectivity index (χ0n) is 11.0. The van der Waals surface area contributed by atoms with Crippen LogP contribution in [0.3, 0.4) is 0 Å². The Morgan fingerprint density at radius 2 is 2.05 bits per heavy atom. The fraction of sp³-hybridized carbons (Fsp3) is 0.286. The van der Waals surface area contributed by atoms with Crippen molar-refractivity contribution in [3.63, 3.8) is 0 Å². The van der Waals surface area contributed by atoms with Gasteiger partial charge in [0.15, 0.2) is 0 Å². The second-order valence-corrected chi connectivity index (χ2v) is 4.13. The highest BCUT2D eigenvalue weighted by Gasteiger charge is 2.07. The van der Waals surface area contributed by atoms with Crippen molar-refractivity contribution in [1.82, 2.24) is 0 Å². The van der Waals surface area contributed by atoms with E-state index in [1.54, 1.807) is 6.07 Å². The fourth-order valence-corrected chi connectivity index (χ4v) is 2.05. The van der Waals surface area contributed by atoms with Crippen molar-refractivity contribution in [2.75, 3.05) is 18.0 Å². The van der Waals surface area contributed by atoms with E-state index in [4.69, 9.17) is 9.62 Å². The van der Waals surface area contributed by atoms with Crippen LogP contribution in [-0.4, -0.2) is 24.5 Å². The van der Waals surface area contributed by atoms with Gasteiger partial charge in [-0.25, -0.2) is 4.79 Å². The minimum absolute atomic E-state index is 0.227. The Morgan fingerprint density at radius 3 is 2.68 bits per heavy atom. The van der Waals surface area contributed by atoms with Crippen molar-refractivity contribution >= 4 is 22.9 Å². The lowest BCUT2D eigenvalue weighted by Crippen LogP contribution is -2.21. The lowest BCUT2D eigenvalue weighted by Gasteiger charge is -2.20. The summed E-state index contributed by atoms with van der Waals surface area (Å²) >= 11 is 0. The quantitative estimate of drug-likeness (QED) is 0.397. The maximum atomic E-state index is 11.7. The Bertz CT molecular complexity index is 657. The van der Waals surface area contributed by atoms with E-state index < -0.39 is 5.63 Å². The molecule has 2 rings (SSSR count). The van der Waals surface area contributed by atoms with E-state index in [0.717, 1.165) is 30.4 Å². The first-order chi connectivity index (χ1) is 9.19. The average Bonchev–Trinajstić information content (AvgIpc) is 2.41. The second kappa shape index (κ2) is 5.56. The molecule has 0 saturated heterocycles. The topological polar surface area (TPSA) is 66.0 Å². The van der Waals surface area contributed by atoms with E-state index in [1.807, 2.05) is 18.2 Å². The number of anilines is 1. The van der Waals surface area contributed by atoms with Gasteiger partial charge in [0.05, 0.1) is 11.8 Å². The maximum absolute atomic E-state index is 11.7. The summed E-state index contributed by atoms with van der Waals surface area (Å²) in [6.45, 7) is 5.93. The van der Waals surface area contributed by atoms with Gasteiger partial charge in [0.25, 0.3) is 0 Å². The number of oxime groups is 1. The Morgan fingerprint density at radius 1 is 1.32 bits per heavy atom. The van der Waals surface area contributed by atoms with Crippen LogP contribution in [0.4, 0.5) is 5.69 Å². The van der Waals surface area contributed by atoms with Crippen LogP contribution in [-0.2, 0) is 0 Å². The van der Waals surface area contributed by atoms with E-state index in [1.165, 1.54) is 0 Å². The van der Waals surface area contributed by atoms with Crippen molar-refractivity contribution < 1.29 is 9.62 Å². The van der Waals surface area contributed by atoms with Crippen LogP contribution < -0.4 is 10.5 Å². The molecule has 1 aromatic carbocycles. The van der Waals surface area contributed by atoms with Crippen LogP contribution in [0.1, 0.15) is 19.4 Å². The molecule has 0 aliphatic carbocycles. The first-order valence-corrected chi connectivity index (χ1v) is 6.19. The highest BCUT2D eigenvalue weighted by molar-refractivity contribution is 5.87. The third-order valence-electron chi connectivity index (χ3n) is 3.07. The van der Waals surface area contributed by atoms with Crippen LogP contribution in [0.15, 0.2) is 38.6 Å². The van der Waals surface area contributed by atoms with Crippen molar-refractivity contribution in [2.24, 2.45) is 5.16 Å². The molecule has 5 nitrogen and oxygen atoms in total. The van der Waals surface area contributed by atoms with Gasteiger partial charge >= 0.3 is 5.63 Å². The lowest BCUT2D eigenvalue weighted by molar-refractivity contribution is 0.321. The summed E-state index contributed by atoms with van der Waals surface area (Å²) in [5.41, 5.74) is 1.27. The molecule has 2 aromatic rings. The minimum Gasteiger partial charge on any atom is -0.422 e. The van der Waals surface area contributed by atoms with E-state index in [-0.39, 0.29) is 5.56 Å². The molecular weight excluding hydrogens is 244 g/mol. The average molecular weight is 260 g/mol. The van der Waals surface area contributed by atoms with E-state index in [2.05, 4.69) is 23.9 Å². The van der Waals surface area contributed by atoms with Crippen molar-refractivity contribution in [2.45, 2.75) is 13.8 Å². The molecule has 1 heterocycles. The molecule has 0 aliphatic heterocycles. The normalized spacial score (nSPS) is 11.3. The smallest absolute Gasteiger partial charge is 0.345 e. The summed E-state index contributed by atoms with van der Waals surface area (Å²) in [6.07, 6.45) is 1.07. The minimum atomic E-state index is -0.512. The molecule has 0 fully saturated rings. The number of nitrogens with zero attached hydrogens (tertiary/aromatic N) is 2. The molecule has 0 atom stereocenters. The van der Waals surface area contributed by atoms with Gasteiger partial charge in [0.2, 0.25) is 0 Å². The van der Waals surface area contributed by atoms with Crippen LogP contribution in [0.5, 0.6) is 0 Å². The first-order valence-electron chi connectivity index (χ1n) is 6.19. The molecular formula is C14H16N2O3. The molecule has 0 amide bonds. The monoisotopic (exact) mass is 260 g/mol. The first kappa shape index (κ1) is 13.1. The molecule has 5 heteroatoms. The van der Waals surface area contributed by atoms with Gasteiger partial charge in [-0.15, -0.1) is 0 Å².